The van der Waals surface area contributed by atoms with Gasteiger partial charge in [-0.05, 0) is 12.8 Å². The van der Waals surface area contributed by atoms with Crippen LogP contribution < -0.4 is 0 Å². The lowest BCUT2D eigenvalue weighted by Gasteiger charge is -2.12. The van der Waals surface area contributed by atoms with Crippen molar-refractivity contribution in [2.75, 3.05) is 39.6 Å². The Kier molecular flexibility index (Phi) is 18.8. The molecule has 0 unspecified atom stereocenters. The van der Waals surface area contributed by atoms with Gasteiger partial charge in [-0.2, -0.15) is 0 Å². The standard InChI is InChI=1S/C18H39O6P/c1-3-5-7-9-11-13-21-15-17-23-25(19,20)24-18-16-22-14-12-10-8-6-4-2/h3-18H2,1-2H3,(H,19,20). The van der Waals surface area contributed by atoms with Crippen molar-refractivity contribution >= 4 is 7.82 Å². The molecule has 0 amide bonds. The second-order valence-electron chi connectivity index (χ2n) is 6.19. The Hall–Kier alpha value is 0.0300. The number of ether oxygens (including phenoxy) is 2. The average Bonchev–Trinajstić information content (AvgIpc) is 2.59. The van der Waals surface area contributed by atoms with Crippen LogP contribution >= 0.6 is 7.82 Å². The van der Waals surface area contributed by atoms with Gasteiger partial charge in [0.15, 0.2) is 0 Å². The summed E-state index contributed by atoms with van der Waals surface area (Å²) in [6, 6.07) is 0. The van der Waals surface area contributed by atoms with Crippen LogP contribution in [0.4, 0.5) is 0 Å². The molecule has 1 N–H and O–H groups in total. The lowest BCUT2D eigenvalue weighted by atomic mass is 10.2. The highest BCUT2D eigenvalue weighted by Gasteiger charge is 2.20. The van der Waals surface area contributed by atoms with E-state index < -0.39 is 7.82 Å². The summed E-state index contributed by atoms with van der Waals surface area (Å²) in [4.78, 5) is 9.51. The molecule has 0 radical (unpaired) electrons. The quantitative estimate of drug-likeness (QED) is 0.233. The molecule has 0 fully saturated rings. The van der Waals surface area contributed by atoms with Crippen LogP contribution in [0.2, 0.25) is 0 Å². The molecule has 0 aliphatic heterocycles. The van der Waals surface area contributed by atoms with E-state index in [1.54, 1.807) is 0 Å². The third-order valence-electron chi connectivity index (χ3n) is 3.75. The number of rotatable bonds is 20. The van der Waals surface area contributed by atoms with Gasteiger partial charge < -0.3 is 14.4 Å². The van der Waals surface area contributed by atoms with Crippen molar-refractivity contribution in [3.8, 4) is 0 Å². The molecule has 0 atom stereocenters. The highest BCUT2D eigenvalue weighted by atomic mass is 31.2. The van der Waals surface area contributed by atoms with Gasteiger partial charge in [-0.25, -0.2) is 4.57 Å². The molecule has 7 heteroatoms. The molecule has 0 aromatic rings. The third-order valence-corrected chi connectivity index (χ3v) is 4.77. The van der Waals surface area contributed by atoms with E-state index in [1.807, 2.05) is 0 Å². The van der Waals surface area contributed by atoms with Gasteiger partial charge in [-0.3, -0.25) is 9.05 Å². The summed E-state index contributed by atoms with van der Waals surface area (Å²) in [6.45, 7) is 6.41. The minimum Gasteiger partial charge on any atom is -0.379 e. The molecule has 0 heterocycles. The number of hydrogen-bond acceptors (Lipinski definition) is 5. The van der Waals surface area contributed by atoms with Gasteiger partial charge in [0.25, 0.3) is 0 Å². The second kappa shape index (κ2) is 18.8. The molecule has 0 aromatic carbocycles. The summed E-state index contributed by atoms with van der Waals surface area (Å²) in [7, 11) is -3.99. The lowest BCUT2D eigenvalue weighted by molar-refractivity contribution is 0.0564. The molecular weight excluding hydrogens is 343 g/mol. The Morgan fingerprint density at radius 2 is 1.00 bits per heavy atom. The van der Waals surface area contributed by atoms with E-state index in [4.69, 9.17) is 18.5 Å². The van der Waals surface area contributed by atoms with Crippen molar-refractivity contribution in [3.63, 3.8) is 0 Å². The van der Waals surface area contributed by atoms with E-state index in [-0.39, 0.29) is 13.2 Å². The maximum Gasteiger partial charge on any atom is 0.472 e. The maximum absolute atomic E-state index is 11.6. The predicted molar refractivity (Wildman–Crippen MR) is 101 cm³/mol. The fraction of sp³-hybridized carbons (Fsp3) is 1.00. The van der Waals surface area contributed by atoms with Gasteiger partial charge >= 0.3 is 7.82 Å². The van der Waals surface area contributed by atoms with Crippen molar-refractivity contribution in [1.29, 1.82) is 0 Å². The highest BCUT2D eigenvalue weighted by Crippen LogP contribution is 2.42. The van der Waals surface area contributed by atoms with Gasteiger partial charge in [-0.15, -0.1) is 0 Å². The SMILES string of the molecule is CCCCCCCOCCOP(=O)(O)OCCOCCCCCCC. The molecule has 0 rings (SSSR count). The smallest absolute Gasteiger partial charge is 0.379 e. The molecule has 25 heavy (non-hydrogen) atoms. The van der Waals surface area contributed by atoms with Crippen molar-refractivity contribution < 1.29 is 28.0 Å². The number of phosphoric acid groups is 1. The Balaban J connectivity index is 3.34. The Labute approximate surface area is 154 Å². The van der Waals surface area contributed by atoms with E-state index >= 15 is 0 Å². The Morgan fingerprint density at radius 3 is 1.40 bits per heavy atom. The minimum absolute atomic E-state index is 0.0566. The van der Waals surface area contributed by atoms with Gasteiger partial charge in [0.2, 0.25) is 0 Å². The van der Waals surface area contributed by atoms with Crippen molar-refractivity contribution in [2.45, 2.75) is 78.1 Å². The first-order valence-corrected chi connectivity index (χ1v) is 11.4. The van der Waals surface area contributed by atoms with E-state index in [0.717, 1.165) is 25.7 Å². The Morgan fingerprint density at radius 1 is 0.600 bits per heavy atom. The summed E-state index contributed by atoms with van der Waals surface area (Å²) in [5.41, 5.74) is 0. The molecule has 0 aromatic heterocycles. The molecule has 0 aliphatic carbocycles. The monoisotopic (exact) mass is 382 g/mol. The summed E-state index contributed by atoms with van der Waals surface area (Å²) in [5, 5.41) is 0. The molecule has 6 nitrogen and oxygen atoms in total. The predicted octanol–water partition coefficient (Wildman–Crippen LogP) is 5.09. The van der Waals surface area contributed by atoms with Crippen LogP contribution in [-0.4, -0.2) is 44.5 Å². The topological polar surface area (TPSA) is 74.2 Å². The molecular formula is C18H39O6P. The minimum atomic E-state index is -3.99. The van der Waals surface area contributed by atoms with Crippen molar-refractivity contribution in [3.05, 3.63) is 0 Å². The first kappa shape index (κ1) is 25.0. The summed E-state index contributed by atoms with van der Waals surface area (Å²) >= 11 is 0. The zero-order valence-electron chi connectivity index (χ0n) is 16.2. The number of unbranched alkanes of at least 4 members (excludes halogenated alkanes) is 8. The first-order chi connectivity index (χ1) is 12.1. The fourth-order valence-corrected chi connectivity index (χ4v) is 2.96. The van der Waals surface area contributed by atoms with Crippen LogP contribution in [0.25, 0.3) is 0 Å². The van der Waals surface area contributed by atoms with Crippen molar-refractivity contribution in [2.24, 2.45) is 0 Å². The molecule has 0 saturated carbocycles. The second-order valence-corrected chi connectivity index (χ2v) is 7.64. The molecule has 152 valence electrons. The maximum atomic E-state index is 11.6. The zero-order valence-corrected chi connectivity index (χ0v) is 17.1. The molecule has 0 saturated heterocycles. The van der Waals surface area contributed by atoms with Gasteiger partial charge in [0, 0.05) is 13.2 Å². The van der Waals surface area contributed by atoms with Gasteiger partial charge in [0.1, 0.15) is 0 Å². The Bertz CT molecular complexity index is 288. The van der Waals surface area contributed by atoms with Crippen LogP contribution in [0.15, 0.2) is 0 Å². The normalized spacial score (nSPS) is 12.0. The van der Waals surface area contributed by atoms with Gasteiger partial charge in [-0.1, -0.05) is 65.2 Å². The fourth-order valence-electron chi connectivity index (χ4n) is 2.28. The van der Waals surface area contributed by atoms with E-state index in [2.05, 4.69) is 13.8 Å². The average molecular weight is 382 g/mol. The first-order valence-electron chi connectivity index (χ1n) is 9.89. The summed E-state index contributed by atoms with van der Waals surface area (Å²) < 4.78 is 32.1. The number of phosphoric ester groups is 1. The lowest BCUT2D eigenvalue weighted by Crippen LogP contribution is -2.08. The van der Waals surface area contributed by atoms with Crippen LogP contribution in [0.3, 0.4) is 0 Å². The zero-order chi connectivity index (χ0) is 18.6. The van der Waals surface area contributed by atoms with Crippen LogP contribution in [0.5, 0.6) is 0 Å². The third kappa shape index (κ3) is 20.2. The van der Waals surface area contributed by atoms with E-state index in [0.29, 0.717) is 26.4 Å². The summed E-state index contributed by atoms with van der Waals surface area (Å²) in [6.07, 6.45) is 11.8. The highest BCUT2D eigenvalue weighted by molar-refractivity contribution is 7.47. The molecule has 0 spiro atoms. The number of hydrogen-bond donors (Lipinski definition) is 1. The van der Waals surface area contributed by atoms with Gasteiger partial charge in [0.05, 0.1) is 26.4 Å². The van der Waals surface area contributed by atoms with Crippen LogP contribution in [-0.2, 0) is 23.1 Å². The van der Waals surface area contributed by atoms with Crippen LogP contribution in [0, 0.1) is 0 Å². The molecule has 0 bridgehead atoms. The van der Waals surface area contributed by atoms with Crippen molar-refractivity contribution in [1.82, 2.24) is 0 Å². The summed E-state index contributed by atoms with van der Waals surface area (Å²) in [5.74, 6) is 0. The van der Waals surface area contributed by atoms with E-state index in [1.165, 1.54) is 38.5 Å². The van der Waals surface area contributed by atoms with E-state index in [9.17, 15) is 9.46 Å². The molecule has 0 aliphatic rings. The largest absolute Gasteiger partial charge is 0.472 e. The van der Waals surface area contributed by atoms with Crippen LogP contribution in [0.1, 0.15) is 78.1 Å².